The number of sulfonamides is 1. The van der Waals surface area contributed by atoms with Gasteiger partial charge >= 0.3 is 5.97 Å². The van der Waals surface area contributed by atoms with Crippen molar-refractivity contribution < 1.29 is 23.1 Å². The van der Waals surface area contributed by atoms with E-state index in [-0.39, 0.29) is 34.9 Å². The summed E-state index contributed by atoms with van der Waals surface area (Å²) in [4.78, 5) is 22.3. The summed E-state index contributed by atoms with van der Waals surface area (Å²) in [5.74, 6) is -1.20. The van der Waals surface area contributed by atoms with Gasteiger partial charge in [0.2, 0.25) is 0 Å². The van der Waals surface area contributed by atoms with Crippen LogP contribution in [0.5, 0.6) is 0 Å². The molecule has 1 aromatic carbocycles. The van der Waals surface area contributed by atoms with E-state index in [1.165, 1.54) is 24.3 Å². The highest BCUT2D eigenvalue weighted by molar-refractivity contribution is 7.92. The summed E-state index contributed by atoms with van der Waals surface area (Å²) < 4.78 is 28.5. The number of anilines is 1. The van der Waals surface area contributed by atoms with Gasteiger partial charge in [-0.25, -0.2) is 8.42 Å². The molecule has 2 aromatic rings. The summed E-state index contributed by atoms with van der Waals surface area (Å²) in [5, 5.41) is 12.6. The molecule has 128 valence electrons. The predicted octanol–water partition coefficient (Wildman–Crippen LogP) is 1.58. The van der Waals surface area contributed by atoms with Crippen molar-refractivity contribution in [2.75, 3.05) is 4.72 Å². The minimum absolute atomic E-state index is 0.0133. The summed E-state index contributed by atoms with van der Waals surface area (Å²) >= 11 is 0. The van der Waals surface area contributed by atoms with Crippen LogP contribution in [0.3, 0.4) is 0 Å². The average molecular weight is 351 g/mol. The molecule has 9 heteroatoms. The molecule has 0 spiro atoms. The van der Waals surface area contributed by atoms with E-state index in [9.17, 15) is 18.0 Å². The number of nitrogens with zero attached hydrogens (tertiary/aromatic N) is 2. The van der Waals surface area contributed by atoms with Gasteiger partial charge in [-0.15, -0.1) is 0 Å². The Labute approximate surface area is 139 Å². The lowest BCUT2D eigenvalue weighted by Gasteiger charge is -2.06. The lowest BCUT2D eigenvalue weighted by Crippen LogP contribution is -2.14. The van der Waals surface area contributed by atoms with Gasteiger partial charge in [0, 0.05) is 30.8 Å². The van der Waals surface area contributed by atoms with Crippen LogP contribution in [-0.4, -0.2) is 35.1 Å². The zero-order valence-electron chi connectivity index (χ0n) is 13.2. The van der Waals surface area contributed by atoms with E-state index in [4.69, 9.17) is 5.11 Å². The average Bonchev–Trinajstić information content (AvgIpc) is 2.82. The van der Waals surface area contributed by atoms with E-state index in [1.807, 2.05) is 0 Å². The fourth-order valence-corrected chi connectivity index (χ4v) is 2.98. The molecule has 0 saturated carbocycles. The molecule has 0 aliphatic heterocycles. The molecule has 24 heavy (non-hydrogen) atoms. The number of aryl methyl sites for hydroxylation is 2. The van der Waals surface area contributed by atoms with Gasteiger partial charge in [-0.05, 0) is 19.1 Å². The molecular weight excluding hydrogens is 334 g/mol. The first-order valence-electron chi connectivity index (χ1n) is 7.07. The van der Waals surface area contributed by atoms with Gasteiger partial charge in [0.05, 0.1) is 11.3 Å². The third-order valence-electron chi connectivity index (χ3n) is 3.41. The SMILES string of the molecule is Cc1cc(NS(=O)(=O)c2ccc(C(=O)CCC(=O)O)cc2)nn1C. The molecule has 1 heterocycles. The van der Waals surface area contributed by atoms with Crippen LogP contribution in [0.2, 0.25) is 0 Å². The third kappa shape index (κ3) is 4.19. The summed E-state index contributed by atoms with van der Waals surface area (Å²) in [6, 6.07) is 6.92. The molecule has 0 amide bonds. The second-order valence-corrected chi connectivity index (χ2v) is 6.92. The smallest absolute Gasteiger partial charge is 0.303 e. The summed E-state index contributed by atoms with van der Waals surface area (Å²) in [6.07, 6.45) is -0.396. The van der Waals surface area contributed by atoms with Crippen LogP contribution in [0.1, 0.15) is 28.9 Å². The molecule has 0 saturated heterocycles. The Morgan fingerprint density at radius 1 is 1.21 bits per heavy atom. The van der Waals surface area contributed by atoms with E-state index in [1.54, 1.807) is 24.7 Å². The van der Waals surface area contributed by atoms with Crippen molar-refractivity contribution in [3.05, 3.63) is 41.6 Å². The first-order chi connectivity index (χ1) is 11.2. The van der Waals surface area contributed by atoms with Crippen LogP contribution >= 0.6 is 0 Å². The number of rotatable bonds is 7. The lowest BCUT2D eigenvalue weighted by molar-refractivity contribution is -0.136. The van der Waals surface area contributed by atoms with Gasteiger partial charge in [-0.3, -0.25) is 19.0 Å². The topological polar surface area (TPSA) is 118 Å². The molecule has 1 aromatic heterocycles. The van der Waals surface area contributed by atoms with Crippen molar-refractivity contribution in [1.29, 1.82) is 0 Å². The van der Waals surface area contributed by atoms with Crippen molar-refractivity contribution in [3.8, 4) is 0 Å². The number of carboxylic acids is 1. The normalized spacial score (nSPS) is 11.2. The molecule has 0 aliphatic rings. The number of benzene rings is 1. The number of carboxylic acid groups (broad SMARTS) is 1. The van der Waals surface area contributed by atoms with Crippen LogP contribution in [0.15, 0.2) is 35.2 Å². The van der Waals surface area contributed by atoms with Crippen molar-refractivity contribution in [2.45, 2.75) is 24.7 Å². The molecule has 2 rings (SSSR count). The summed E-state index contributed by atoms with van der Waals surface area (Å²) in [7, 11) is -2.12. The molecular formula is C15H17N3O5S. The first-order valence-corrected chi connectivity index (χ1v) is 8.56. The van der Waals surface area contributed by atoms with Crippen LogP contribution < -0.4 is 4.72 Å². The van der Waals surface area contributed by atoms with E-state index < -0.39 is 16.0 Å². The van der Waals surface area contributed by atoms with Gasteiger partial charge in [0.1, 0.15) is 0 Å². The Morgan fingerprint density at radius 3 is 2.33 bits per heavy atom. The number of ketones is 1. The maximum absolute atomic E-state index is 12.3. The van der Waals surface area contributed by atoms with Gasteiger partial charge in [0.15, 0.2) is 11.6 Å². The van der Waals surface area contributed by atoms with Crippen LogP contribution in [0.4, 0.5) is 5.82 Å². The number of hydrogen-bond acceptors (Lipinski definition) is 5. The third-order valence-corrected chi connectivity index (χ3v) is 4.78. The van der Waals surface area contributed by atoms with Crippen LogP contribution in [-0.2, 0) is 21.9 Å². The molecule has 2 N–H and O–H groups in total. The number of aromatic nitrogens is 2. The fraction of sp³-hybridized carbons (Fsp3) is 0.267. The standard InChI is InChI=1S/C15H17N3O5S/c1-10-9-14(16-18(10)2)17-24(22,23)12-5-3-11(4-6-12)13(19)7-8-15(20)21/h3-6,9H,7-8H2,1-2H3,(H,16,17)(H,20,21). The summed E-state index contributed by atoms with van der Waals surface area (Å²) in [5.41, 5.74) is 1.07. The Bertz CT molecular complexity index is 850. The number of hydrogen-bond donors (Lipinski definition) is 2. The minimum atomic E-state index is -3.82. The number of Topliss-reactive ketones (excluding diaryl/α,β-unsaturated/α-hetero) is 1. The zero-order chi connectivity index (χ0) is 17.9. The maximum Gasteiger partial charge on any atom is 0.303 e. The van der Waals surface area contributed by atoms with Gasteiger partial charge in [-0.2, -0.15) is 5.10 Å². The Morgan fingerprint density at radius 2 is 1.83 bits per heavy atom. The molecule has 0 radical (unpaired) electrons. The van der Waals surface area contributed by atoms with Crippen molar-refractivity contribution in [3.63, 3.8) is 0 Å². The molecule has 8 nitrogen and oxygen atoms in total. The number of nitrogens with one attached hydrogen (secondary N) is 1. The Kier molecular flexibility index (Phi) is 5.03. The maximum atomic E-state index is 12.3. The molecule has 0 atom stereocenters. The highest BCUT2D eigenvalue weighted by atomic mass is 32.2. The minimum Gasteiger partial charge on any atom is -0.481 e. The Hall–Kier alpha value is -2.68. The van der Waals surface area contributed by atoms with E-state index in [2.05, 4.69) is 9.82 Å². The van der Waals surface area contributed by atoms with E-state index >= 15 is 0 Å². The van der Waals surface area contributed by atoms with Crippen molar-refractivity contribution >= 4 is 27.6 Å². The number of carbonyl (C=O) groups is 2. The number of carbonyl (C=O) groups excluding carboxylic acids is 1. The summed E-state index contributed by atoms with van der Waals surface area (Å²) in [6.45, 7) is 1.79. The monoisotopic (exact) mass is 351 g/mol. The van der Waals surface area contributed by atoms with Gasteiger partial charge in [0.25, 0.3) is 10.0 Å². The second-order valence-electron chi connectivity index (χ2n) is 5.24. The Balaban J connectivity index is 2.13. The zero-order valence-corrected chi connectivity index (χ0v) is 14.0. The largest absolute Gasteiger partial charge is 0.481 e. The molecule has 0 fully saturated rings. The van der Waals surface area contributed by atoms with Gasteiger partial charge < -0.3 is 5.11 Å². The number of aliphatic carboxylic acids is 1. The van der Waals surface area contributed by atoms with Crippen molar-refractivity contribution in [2.24, 2.45) is 7.05 Å². The molecule has 0 unspecified atom stereocenters. The lowest BCUT2D eigenvalue weighted by atomic mass is 10.1. The van der Waals surface area contributed by atoms with E-state index in [0.717, 1.165) is 5.69 Å². The highest BCUT2D eigenvalue weighted by Crippen LogP contribution is 2.17. The highest BCUT2D eigenvalue weighted by Gasteiger charge is 2.17. The van der Waals surface area contributed by atoms with E-state index in [0.29, 0.717) is 0 Å². The predicted molar refractivity (Wildman–Crippen MR) is 86.4 cm³/mol. The molecule has 0 bridgehead atoms. The first kappa shape index (κ1) is 17.7. The van der Waals surface area contributed by atoms with Crippen LogP contribution in [0, 0.1) is 6.92 Å². The van der Waals surface area contributed by atoms with Gasteiger partial charge in [-0.1, -0.05) is 12.1 Å². The molecule has 0 aliphatic carbocycles. The second kappa shape index (κ2) is 6.83. The van der Waals surface area contributed by atoms with Crippen LogP contribution in [0.25, 0.3) is 0 Å². The fourth-order valence-electron chi connectivity index (χ4n) is 1.99. The quantitative estimate of drug-likeness (QED) is 0.731. The van der Waals surface area contributed by atoms with Crippen molar-refractivity contribution in [1.82, 2.24) is 9.78 Å².